The summed E-state index contributed by atoms with van der Waals surface area (Å²) < 4.78 is 0.654. The molecule has 0 saturated heterocycles. The van der Waals surface area contributed by atoms with E-state index in [1.54, 1.807) is 0 Å². The van der Waals surface area contributed by atoms with Crippen molar-refractivity contribution in [2.75, 3.05) is 0 Å². The highest BCUT2D eigenvalue weighted by atomic mass is 127. The molecule has 0 atom stereocenters. The number of hydrogen-bond donors (Lipinski definition) is 1. The van der Waals surface area contributed by atoms with Crippen LogP contribution in [0.25, 0.3) is 0 Å². The fourth-order valence-corrected chi connectivity index (χ4v) is 1.98. The summed E-state index contributed by atoms with van der Waals surface area (Å²) in [6.45, 7) is 4.00. The molecular formula is C8H10ClIN2O. The first-order valence-corrected chi connectivity index (χ1v) is 5.52. The van der Waals surface area contributed by atoms with Gasteiger partial charge in [0, 0.05) is 0 Å². The third kappa shape index (κ3) is 2.43. The molecule has 1 rings (SSSR count). The molecule has 0 bridgehead atoms. The van der Waals surface area contributed by atoms with Crippen LogP contribution in [0, 0.1) is 3.57 Å². The monoisotopic (exact) mass is 312 g/mol. The molecule has 0 aromatic carbocycles. The second-order valence-electron chi connectivity index (χ2n) is 3.00. The summed E-state index contributed by atoms with van der Waals surface area (Å²) in [5.41, 5.74) is 0.718. The van der Waals surface area contributed by atoms with Crippen LogP contribution in [0.2, 0.25) is 0 Å². The smallest absolute Gasteiger partial charge is 0.264 e. The van der Waals surface area contributed by atoms with Crippen molar-refractivity contribution in [2.24, 2.45) is 0 Å². The maximum absolute atomic E-state index is 11.4. The molecule has 0 aliphatic heterocycles. The van der Waals surface area contributed by atoms with Crippen molar-refractivity contribution in [3.05, 3.63) is 25.4 Å². The highest BCUT2D eigenvalue weighted by molar-refractivity contribution is 14.1. The van der Waals surface area contributed by atoms with E-state index in [-0.39, 0.29) is 17.4 Å². The molecule has 72 valence electrons. The van der Waals surface area contributed by atoms with E-state index in [9.17, 15) is 4.79 Å². The number of rotatable bonds is 2. The Hall–Kier alpha value is -0.100. The summed E-state index contributed by atoms with van der Waals surface area (Å²) in [6, 6.07) is 0. The highest BCUT2D eigenvalue weighted by Gasteiger charge is 2.11. The van der Waals surface area contributed by atoms with Gasteiger partial charge in [-0.1, -0.05) is 13.8 Å². The van der Waals surface area contributed by atoms with Crippen molar-refractivity contribution in [1.29, 1.82) is 0 Å². The average molecular weight is 313 g/mol. The first-order chi connectivity index (χ1) is 6.06. The Kier molecular flexibility index (Phi) is 3.73. The van der Waals surface area contributed by atoms with Crippen LogP contribution in [0.1, 0.15) is 31.3 Å². The lowest BCUT2D eigenvalue weighted by Gasteiger charge is -2.07. The maximum atomic E-state index is 11.4. The zero-order valence-electron chi connectivity index (χ0n) is 7.40. The van der Waals surface area contributed by atoms with Crippen LogP contribution in [0.15, 0.2) is 4.79 Å². The minimum Gasteiger partial charge on any atom is -0.309 e. The predicted molar refractivity (Wildman–Crippen MR) is 61.2 cm³/mol. The molecule has 0 radical (unpaired) electrons. The molecule has 1 aromatic heterocycles. The highest BCUT2D eigenvalue weighted by Crippen LogP contribution is 2.15. The van der Waals surface area contributed by atoms with Gasteiger partial charge in [0.15, 0.2) is 0 Å². The van der Waals surface area contributed by atoms with Crippen LogP contribution in [-0.4, -0.2) is 9.97 Å². The van der Waals surface area contributed by atoms with Crippen LogP contribution in [0.3, 0.4) is 0 Å². The van der Waals surface area contributed by atoms with Crippen molar-refractivity contribution in [2.45, 2.75) is 25.6 Å². The van der Waals surface area contributed by atoms with E-state index in [1.165, 1.54) is 0 Å². The molecule has 0 saturated carbocycles. The third-order valence-corrected chi connectivity index (χ3v) is 2.91. The number of aromatic amines is 1. The van der Waals surface area contributed by atoms with E-state index in [4.69, 9.17) is 11.6 Å². The van der Waals surface area contributed by atoms with Crippen LogP contribution < -0.4 is 5.56 Å². The van der Waals surface area contributed by atoms with Gasteiger partial charge < -0.3 is 4.98 Å². The standard InChI is InChI=1S/C8H10ClIN2O/c1-4(2)7-6(10)8(13)12-5(3-9)11-7/h4H,3H2,1-2H3,(H,11,12,13). The van der Waals surface area contributed by atoms with Crippen LogP contribution >= 0.6 is 34.2 Å². The van der Waals surface area contributed by atoms with E-state index < -0.39 is 0 Å². The van der Waals surface area contributed by atoms with Crippen molar-refractivity contribution >= 4 is 34.2 Å². The maximum Gasteiger partial charge on any atom is 0.264 e. The average Bonchev–Trinajstić information content (AvgIpc) is 2.09. The summed E-state index contributed by atoms with van der Waals surface area (Å²) in [4.78, 5) is 18.2. The van der Waals surface area contributed by atoms with E-state index in [0.717, 1.165) is 5.69 Å². The summed E-state index contributed by atoms with van der Waals surface area (Å²) in [6.07, 6.45) is 0. The zero-order valence-corrected chi connectivity index (χ0v) is 10.3. The second-order valence-corrected chi connectivity index (χ2v) is 4.35. The number of hydrogen-bond acceptors (Lipinski definition) is 2. The van der Waals surface area contributed by atoms with Gasteiger partial charge in [0.2, 0.25) is 0 Å². The Bertz CT molecular complexity index is 362. The van der Waals surface area contributed by atoms with Gasteiger partial charge in [0.05, 0.1) is 15.1 Å². The zero-order chi connectivity index (χ0) is 10.0. The summed E-state index contributed by atoms with van der Waals surface area (Å²) in [5, 5.41) is 0. The fraction of sp³-hybridized carbons (Fsp3) is 0.500. The largest absolute Gasteiger partial charge is 0.309 e. The second kappa shape index (κ2) is 4.41. The van der Waals surface area contributed by atoms with Crippen molar-refractivity contribution in [3.63, 3.8) is 0 Å². The molecule has 0 aliphatic rings. The van der Waals surface area contributed by atoms with E-state index in [0.29, 0.717) is 9.39 Å². The van der Waals surface area contributed by atoms with Gasteiger partial charge in [-0.2, -0.15) is 0 Å². The Morgan fingerprint density at radius 1 is 1.62 bits per heavy atom. The molecule has 0 spiro atoms. The molecule has 0 fully saturated rings. The van der Waals surface area contributed by atoms with Gasteiger partial charge >= 0.3 is 0 Å². The molecule has 0 amide bonds. The Balaban J connectivity index is 3.33. The first-order valence-electron chi connectivity index (χ1n) is 3.90. The lowest BCUT2D eigenvalue weighted by atomic mass is 10.1. The predicted octanol–water partition coefficient (Wildman–Crippen LogP) is 2.24. The molecule has 0 unspecified atom stereocenters. The molecule has 1 aromatic rings. The van der Waals surface area contributed by atoms with E-state index in [1.807, 2.05) is 36.4 Å². The Labute approximate surface area is 95.1 Å². The van der Waals surface area contributed by atoms with Gasteiger partial charge in [-0.25, -0.2) is 4.98 Å². The minimum absolute atomic E-state index is 0.102. The van der Waals surface area contributed by atoms with Gasteiger partial charge in [0.25, 0.3) is 5.56 Å². The van der Waals surface area contributed by atoms with Gasteiger partial charge in [-0.3, -0.25) is 4.79 Å². The third-order valence-electron chi connectivity index (χ3n) is 1.61. The minimum atomic E-state index is -0.102. The van der Waals surface area contributed by atoms with Crippen LogP contribution in [-0.2, 0) is 5.88 Å². The molecule has 1 heterocycles. The number of nitrogens with one attached hydrogen (secondary N) is 1. The van der Waals surface area contributed by atoms with E-state index >= 15 is 0 Å². The lowest BCUT2D eigenvalue weighted by Crippen LogP contribution is -2.18. The molecule has 0 aliphatic carbocycles. The van der Waals surface area contributed by atoms with Gasteiger partial charge in [-0.15, -0.1) is 11.6 Å². The number of halogens is 2. The molecule has 5 heteroatoms. The first kappa shape index (κ1) is 11.0. The quantitative estimate of drug-likeness (QED) is 0.672. The molecule has 13 heavy (non-hydrogen) atoms. The Morgan fingerprint density at radius 2 is 2.23 bits per heavy atom. The summed E-state index contributed by atoms with van der Waals surface area (Å²) in [5.74, 6) is 1.03. The summed E-state index contributed by atoms with van der Waals surface area (Å²) in [7, 11) is 0. The number of aromatic nitrogens is 2. The van der Waals surface area contributed by atoms with Crippen molar-refractivity contribution in [1.82, 2.24) is 9.97 Å². The SMILES string of the molecule is CC(C)c1nc(CCl)[nH]c(=O)c1I. The normalized spacial score (nSPS) is 10.8. The molecule has 1 N–H and O–H groups in total. The number of H-pyrrole nitrogens is 1. The molecular weight excluding hydrogens is 302 g/mol. The van der Waals surface area contributed by atoms with E-state index in [2.05, 4.69) is 9.97 Å². The van der Waals surface area contributed by atoms with Gasteiger partial charge in [-0.05, 0) is 28.5 Å². The van der Waals surface area contributed by atoms with Gasteiger partial charge in [0.1, 0.15) is 5.82 Å². The topological polar surface area (TPSA) is 45.8 Å². The Morgan fingerprint density at radius 3 is 2.69 bits per heavy atom. The van der Waals surface area contributed by atoms with Crippen LogP contribution in [0.5, 0.6) is 0 Å². The summed E-state index contributed by atoms with van der Waals surface area (Å²) >= 11 is 7.60. The van der Waals surface area contributed by atoms with Crippen molar-refractivity contribution in [3.8, 4) is 0 Å². The lowest BCUT2D eigenvalue weighted by molar-refractivity contribution is 0.782. The van der Waals surface area contributed by atoms with Crippen LogP contribution in [0.4, 0.5) is 0 Å². The van der Waals surface area contributed by atoms with Crippen molar-refractivity contribution < 1.29 is 0 Å². The number of nitrogens with zero attached hydrogens (tertiary/aromatic N) is 1. The molecule has 3 nitrogen and oxygen atoms in total. The number of alkyl halides is 1. The fourth-order valence-electron chi connectivity index (χ4n) is 0.971.